The number of hydrogen-bond acceptors (Lipinski definition) is 3. The Morgan fingerprint density at radius 1 is 0.962 bits per heavy atom. The molecule has 132 valence electrons. The molecule has 0 heterocycles. The van der Waals surface area contributed by atoms with Crippen LogP contribution in [-0.2, 0) is 6.61 Å². The molecule has 0 amide bonds. The summed E-state index contributed by atoms with van der Waals surface area (Å²) in [4.78, 5) is 0. The van der Waals surface area contributed by atoms with Gasteiger partial charge in [0.15, 0.2) is 0 Å². The molecule has 0 aliphatic rings. The molecule has 3 aromatic carbocycles. The van der Waals surface area contributed by atoms with E-state index in [1.165, 1.54) is 0 Å². The van der Waals surface area contributed by atoms with Gasteiger partial charge in [-0.3, -0.25) is 0 Å². The lowest BCUT2D eigenvalue weighted by molar-refractivity contribution is 0.282. The van der Waals surface area contributed by atoms with Gasteiger partial charge in [0.1, 0.15) is 18.1 Å². The second-order valence-corrected chi connectivity index (χ2v) is 6.09. The third-order valence-corrected chi connectivity index (χ3v) is 4.15. The van der Waals surface area contributed by atoms with Crippen LogP contribution in [0.25, 0.3) is 17.2 Å². The molecule has 0 aromatic heterocycles. The molecule has 0 bridgehead atoms. The molecule has 3 rings (SSSR count). The molecular weight excluding hydrogens is 324 g/mol. The summed E-state index contributed by atoms with van der Waals surface area (Å²) in [5, 5.41) is 20.1. The zero-order chi connectivity index (χ0) is 18.4. The molecule has 0 spiro atoms. The maximum absolute atomic E-state index is 10.4. The van der Waals surface area contributed by atoms with E-state index in [-0.39, 0.29) is 12.4 Å². The highest BCUT2D eigenvalue weighted by Gasteiger charge is 2.15. The predicted molar refractivity (Wildman–Crippen MR) is 105 cm³/mol. The predicted octanol–water partition coefficient (Wildman–Crippen LogP) is 4.95. The molecular formula is C23H22O3. The first-order valence-corrected chi connectivity index (χ1v) is 8.56. The van der Waals surface area contributed by atoms with Crippen molar-refractivity contribution in [1.82, 2.24) is 0 Å². The molecule has 3 aromatic rings. The van der Waals surface area contributed by atoms with Crippen molar-refractivity contribution in [3.8, 4) is 22.6 Å². The smallest absolute Gasteiger partial charge is 0.131 e. The van der Waals surface area contributed by atoms with Crippen LogP contribution in [0.1, 0.15) is 16.7 Å². The van der Waals surface area contributed by atoms with E-state index < -0.39 is 0 Å². The topological polar surface area (TPSA) is 49.7 Å². The normalized spacial score (nSPS) is 11.0. The van der Waals surface area contributed by atoms with Crippen molar-refractivity contribution in [3.05, 3.63) is 89.5 Å². The van der Waals surface area contributed by atoms with Crippen LogP contribution in [0.2, 0.25) is 0 Å². The van der Waals surface area contributed by atoms with Gasteiger partial charge in [-0.15, -0.1) is 0 Å². The van der Waals surface area contributed by atoms with Crippen LogP contribution in [0.3, 0.4) is 0 Å². The lowest BCUT2D eigenvalue weighted by Gasteiger charge is -2.15. The molecule has 0 unspecified atom stereocenters. The summed E-state index contributed by atoms with van der Waals surface area (Å²) in [5.74, 6) is 0.720. The van der Waals surface area contributed by atoms with Gasteiger partial charge in [-0.25, -0.2) is 0 Å². The fraction of sp³-hybridized carbons (Fsp3) is 0.130. The highest BCUT2D eigenvalue weighted by molar-refractivity contribution is 5.79. The zero-order valence-electron chi connectivity index (χ0n) is 14.7. The summed E-state index contributed by atoms with van der Waals surface area (Å²) in [5.41, 5.74) is 4.30. The molecule has 26 heavy (non-hydrogen) atoms. The minimum absolute atomic E-state index is 0.0999. The average Bonchev–Trinajstić information content (AvgIpc) is 2.66. The number of aliphatic hydroxyl groups excluding tert-OH is 1. The molecule has 3 heteroatoms. The van der Waals surface area contributed by atoms with Crippen LogP contribution in [0, 0.1) is 6.92 Å². The van der Waals surface area contributed by atoms with Crippen molar-refractivity contribution in [1.29, 1.82) is 0 Å². The van der Waals surface area contributed by atoms with Crippen LogP contribution in [0.5, 0.6) is 11.5 Å². The molecule has 0 atom stereocenters. The van der Waals surface area contributed by atoms with Gasteiger partial charge in [-0.1, -0.05) is 66.2 Å². The lowest BCUT2D eigenvalue weighted by Crippen LogP contribution is -1.98. The summed E-state index contributed by atoms with van der Waals surface area (Å²) in [6.07, 6.45) is 3.93. The zero-order valence-corrected chi connectivity index (χ0v) is 14.7. The van der Waals surface area contributed by atoms with Crippen molar-refractivity contribution in [3.63, 3.8) is 0 Å². The molecule has 0 saturated carbocycles. The number of phenolic OH excluding ortho intramolecular Hbond substituents is 1. The molecule has 2 N–H and O–H groups in total. The number of rotatable bonds is 6. The SMILES string of the molecule is Cc1ccc(CO)c(-c2c(O)cccc2OCC=Cc2ccccc2)c1. The molecule has 0 radical (unpaired) electrons. The van der Waals surface area contributed by atoms with Gasteiger partial charge in [0.2, 0.25) is 0 Å². The van der Waals surface area contributed by atoms with Gasteiger partial charge in [-0.2, -0.15) is 0 Å². The van der Waals surface area contributed by atoms with Crippen molar-refractivity contribution < 1.29 is 14.9 Å². The largest absolute Gasteiger partial charge is 0.507 e. The van der Waals surface area contributed by atoms with Gasteiger partial charge in [0, 0.05) is 0 Å². The molecule has 0 aliphatic heterocycles. The van der Waals surface area contributed by atoms with Gasteiger partial charge in [-0.05, 0) is 41.8 Å². The Hall–Kier alpha value is -3.04. The van der Waals surface area contributed by atoms with E-state index in [2.05, 4.69) is 0 Å². The van der Waals surface area contributed by atoms with Gasteiger partial charge in [0.05, 0.1) is 12.2 Å². The number of aryl methyl sites for hydroxylation is 1. The fourth-order valence-corrected chi connectivity index (χ4v) is 2.86. The van der Waals surface area contributed by atoms with Crippen LogP contribution in [-0.4, -0.2) is 16.8 Å². The quantitative estimate of drug-likeness (QED) is 0.664. The van der Waals surface area contributed by atoms with E-state index in [0.717, 1.165) is 22.3 Å². The number of phenols is 1. The summed E-state index contributed by atoms with van der Waals surface area (Å²) in [7, 11) is 0. The molecule has 3 nitrogen and oxygen atoms in total. The Morgan fingerprint density at radius 3 is 2.54 bits per heavy atom. The first-order valence-electron chi connectivity index (χ1n) is 8.56. The lowest BCUT2D eigenvalue weighted by atomic mass is 9.96. The van der Waals surface area contributed by atoms with Crippen molar-refractivity contribution in [2.24, 2.45) is 0 Å². The van der Waals surface area contributed by atoms with E-state index in [0.29, 0.717) is 17.9 Å². The molecule has 0 fully saturated rings. The fourth-order valence-electron chi connectivity index (χ4n) is 2.86. The number of aromatic hydroxyl groups is 1. The van der Waals surface area contributed by atoms with Crippen molar-refractivity contribution >= 4 is 6.08 Å². The third kappa shape index (κ3) is 4.13. The summed E-state index contributed by atoms with van der Waals surface area (Å²) in [6, 6.07) is 21.0. The number of benzene rings is 3. The van der Waals surface area contributed by atoms with Crippen LogP contribution in [0.15, 0.2) is 72.8 Å². The van der Waals surface area contributed by atoms with Crippen LogP contribution >= 0.6 is 0 Å². The van der Waals surface area contributed by atoms with Gasteiger partial charge < -0.3 is 14.9 Å². The highest BCUT2D eigenvalue weighted by atomic mass is 16.5. The second kappa shape index (κ2) is 8.37. The standard InChI is InChI=1S/C23H22O3/c1-17-12-13-19(16-24)20(15-17)23-21(25)10-5-11-22(23)26-14-6-9-18-7-3-2-4-8-18/h2-13,15,24-25H,14,16H2,1H3. The first kappa shape index (κ1) is 17.8. The summed E-state index contributed by atoms with van der Waals surface area (Å²) < 4.78 is 5.91. The maximum atomic E-state index is 10.4. The summed E-state index contributed by atoms with van der Waals surface area (Å²) in [6.45, 7) is 2.26. The number of hydrogen-bond donors (Lipinski definition) is 2. The van der Waals surface area contributed by atoms with E-state index in [4.69, 9.17) is 4.74 Å². The van der Waals surface area contributed by atoms with Crippen molar-refractivity contribution in [2.45, 2.75) is 13.5 Å². The summed E-state index contributed by atoms with van der Waals surface area (Å²) >= 11 is 0. The second-order valence-electron chi connectivity index (χ2n) is 6.09. The molecule has 0 saturated heterocycles. The van der Waals surface area contributed by atoms with Gasteiger partial charge in [0.25, 0.3) is 0 Å². The average molecular weight is 346 g/mol. The Kier molecular flexibility index (Phi) is 5.72. The Bertz CT molecular complexity index is 899. The van der Waals surface area contributed by atoms with E-state index in [1.807, 2.05) is 73.7 Å². The van der Waals surface area contributed by atoms with Crippen LogP contribution in [0.4, 0.5) is 0 Å². The van der Waals surface area contributed by atoms with E-state index >= 15 is 0 Å². The third-order valence-electron chi connectivity index (χ3n) is 4.15. The minimum atomic E-state index is -0.0999. The highest BCUT2D eigenvalue weighted by Crippen LogP contribution is 2.40. The van der Waals surface area contributed by atoms with Crippen molar-refractivity contribution in [2.75, 3.05) is 6.61 Å². The van der Waals surface area contributed by atoms with E-state index in [9.17, 15) is 10.2 Å². The number of aliphatic hydroxyl groups is 1. The Labute approximate surface area is 153 Å². The first-order chi connectivity index (χ1) is 12.7. The Morgan fingerprint density at radius 2 is 1.77 bits per heavy atom. The minimum Gasteiger partial charge on any atom is -0.507 e. The van der Waals surface area contributed by atoms with Gasteiger partial charge >= 0.3 is 0 Å². The molecule has 0 aliphatic carbocycles. The maximum Gasteiger partial charge on any atom is 0.131 e. The monoisotopic (exact) mass is 346 g/mol. The van der Waals surface area contributed by atoms with E-state index in [1.54, 1.807) is 12.1 Å². The number of ether oxygens (including phenoxy) is 1. The van der Waals surface area contributed by atoms with Crippen LogP contribution < -0.4 is 4.74 Å². The Balaban J connectivity index is 1.87.